The quantitative estimate of drug-likeness (QED) is 0.0616. The van der Waals surface area contributed by atoms with Crippen LogP contribution in [0.2, 0.25) is 0 Å². The number of hydrogen-bond acceptors (Lipinski definition) is 7. The van der Waals surface area contributed by atoms with Gasteiger partial charge in [0.25, 0.3) is 0 Å². The van der Waals surface area contributed by atoms with Gasteiger partial charge in [0.15, 0.2) is 0 Å². The summed E-state index contributed by atoms with van der Waals surface area (Å²) in [6, 6.07) is 41.3. The number of halogens is 1. The summed E-state index contributed by atoms with van der Waals surface area (Å²) in [5, 5.41) is 2.62. The van der Waals surface area contributed by atoms with Crippen LogP contribution in [0.5, 0.6) is 0 Å². The normalized spacial score (nSPS) is 14.8. The van der Waals surface area contributed by atoms with Crippen molar-refractivity contribution in [1.82, 2.24) is 5.32 Å². The molecule has 0 fully saturated rings. The van der Waals surface area contributed by atoms with Gasteiger partial charge in [0.05, 0.1) is 4.08 Å². The first-order valence-electron chi connectivity index (χ1n) is 13.9. The highest BCUT2D eigenvalue weighted by molar-refractivity contribution is 8.61. The summed E-state index contributed by atoms with van der Waals surface area (Å²) >= 11 is 24.8. The minimum Gasteiger partial charge on any atom is -0.331 e. The van der Waals surface area contributed by atoms with E-state index in [0.717, 1.165) is 30.0 Å². The van der Waals surface area contributed by atoms with Crippen LogP contribution in [-0.4, -0.2) is 19.6 Å². The Hall–Kier alpha value is -0.920. The number of alkyl halides is 1. The van der Waals surface area contributed by atoms with Gasteiger partial charge < -0.3 is 5.32 Å². The predicted molar refractivity (Wildman–Crippen MR) is 207 cm³/mol. The van der Waals surface area contributed by atoms with Crippen molar-refractivity contribution in [3.05, 3.63) is 144 Å². The van der Waals surface area contributed by atoms with Crippen LogP contribution in [0.1, 0.15) is 28.7 Å². The number of benzene rings is 4. The molecule has 0 heterocycles. The minimum atomic E-state index is -0.763. The second-order valence-corrected chi connectivity index (χ2v) is 20.5. The molecule has 4 aromatic carbocycles. The third kappa shape index (κ3) is 11.7. The predicted octanol–water partition coefficient (Wildman–Crippen LogP) is 10.9. The lowest BCUT2D eigenvalue weighted by molar-refractivity contribution is -0.121. The molecular formula is C33H32ClNOP2S6. The molecule has 3 unspecified atom stereocenters. The van der Waals surface area contributed by atoms with E-state index in [9.17, 15) is 4.79 Å². The van der Waals surface area contributed by atoms with Crippen LogP contribution < -0.4 is 5.32 Å². The fourth-order valence-electron chi connectivity index (χ4n) is 4.59. The molecule has 0 aliphatic heterocycles. The van der Waals surface area contributed by atoms with E-state index in [1.807, 2.05) is 60.3 Å². The van der Waals surface area contributed by atoms with Crippen molar-refractivity contribution in [3.8, 4) is 0 Å². The van der Waals surface area contributed by atoms with Gasteiger partial charge in [0.1, 0.15) is 9.58 Å². The molecular weight excluding hydrogens is 716 g/mol. The third-order valence-corrected chi connectivity index (χ3v) is 16.6. The summed E-state index contributed by atoms with van der Waals surface area (Å²) in [5.41, 5.74) is 4.74. The van der Waals surface area contributed by atoms with E-state index < -0.39 is 13.7 Å². The van der Waals surface area contributed by atoms with Crippen molar-refractivity contribution in [2.24, 2.45) is 0 Å². The molecule has 2 nitrogen and oxygen atoms in total. The highest BCUT2D eigenvalue weighted by atomic mass is 35.5. The molecule has 228 valence electrons. The van der Waals surface area contributed by atoms with Crippen molar-refractivity contribution in [1.29, 1.82) is 0 Å². The van der Waals surface area contributed by atoms with Gasteiger partial charge in [-0.1, -0.05) is 144 Å². The maximum absolute atomic E-state index is 14.1. The maximum Gasteiger partial charge on any atom is 0.239 e. The lowest BCUT2D eigenvalue weighted by atomic mass is 10.1. The zero-order valence-electron chi connectivity index (χ0n) is 23.8. The summed E-state index contributed by atoms with van der Waals surface area (Å²) in [6.07, 6.45) is 1.82. The van der Waals surface area contributed by atoms with Gasteiger partial charge >= 0.3 is 0 Å². The standard InChI is InChI=1S/C33H32ClNOP2S6/c34-30(23-32(43-37-39,21-26-13-5-1-6-14-26)41-24-28-17-9-3-10-18-28)31(36)35-33(44-38-40,22-27-15-7-2-8-16-27)42-25-29-19-11-4-12-20-29/h1-20,30H,21-25H2,(H,35,36). The molecule has 0 aliphatic rings. The number of thioether (sulfide) groups is 2. The summed E-state index contributed by atoms with van der Waals surface area (Å²) in [6.45, 7) is 1.49. The van der Waals surface area contributed by atoms with Gasteiger partial charge in [-0.05, 0) is 58.7 Å². The molecule has 0 radical (unpaired) electrons. The third-order valence-electron chi connectivity index (χ3n) is 6.73. The number of nitrogens with one attached hydrogen (secondary N) is 1. The second kappa shape index (κ2) is 19.0. The van der Waals surface area contributed by atoms with Crippen molar-refractivity contribution in [2.75, 3.05) is 0 Å². The Morgan fingerprint density at radius 2 is 1.09 bits per heavy atom. The Balaban J connectivity index is 1.59. The zero-order chi connectivity index (χ0) is 31.1. The first kappa shape index (κ1) is 35.9. The van der Waals surface area contributed by atoms with Crippen molar-refractivity contribution in [3.63, 3.8) is 0 Å². The van der Waals surface area contributed by atoms with Crippen LogP contribution in [0.15, 0.2) is 121 Å². The molecule has 44 heavy (non-hydrogen) atoms. The summed E-state index contributed by atoms with van der Waals surface area (Å²) in [4.78, 5) is 14.1. The lowest BCUT2D eigenvalue weighted by Gasteiger charge is -2.36. The molecule has 11 heteroatoms. The Labute approximate surface area is 296 Å². The van der Waals surface area contributed by atoms with Crippen molar-refractivity contribution in [2.45, 2.75) is 44.4 Å². The number of carbonyl (C=O) groups excluding carboxylic acids is 1. The van der Waals surface area contributed by atoms with E-state index in [-0.39, 0.29) is 5.91 Å². The minimum absolute atomic E-state index is 0.186. The van der Waals surface area contributed by atoms with Crippen LogP contribution in [0.25, 0.3) is 0 Å². The average Bonchev–Trinajstić information content (AvgIpc) is 3.05. The highest BCUT2D eigenvalue weighted by Gasteiger charge is 2.40. The highest BCUT2D eigenvalue weighted by Crippen LogP contribution is 2.51. The van der Waals surface area contributed by atoms with E-state index in [1.165, 1.54) is 16.7 Å². The van der Waals surface area contributed by atoms with Crippen LogP contribution in [0.4, 0.5) is 0 Å². The fraction of sp³-hybridized carbons (Fsp3) is 0.242. The molecule has 4 rings (SSSR count). The van der Waals surface area contributed by atoms with Crippen LogP contribution in [0.3, 0.4) is 0 Å². The summed E-state index contributed by atoms with van der Waals surface area (Å²) < 4.78 is -1.08. The molecule has 0 aliphatic carbocycles. The van der Waals surface area contributed by atoms with Gasteiger partial charge in [-0.3, -0.25) is 4.79 Å². The Kier molecular flexibility index (Phi) is 15.5. The number of carbonyl (C=O) groups is 1. The monoisotopic (exact) mass is 747 g/mol. The zero-order valence-corrected chi connectivity index (χ0v) is 31.2. The first-order valence-corrected chi connectivity index (χ1v) is 22.9. The molecule has 4 aromatic rings. The summed E-state index contributed by atoms with van der Waals surface area (Å²) in [5.74, 6) is 1.34. The van der Waals surface area contributed by atoms with E-state index in [2.05, 4.69) is 78.1 Å². The molecule has 0 aromatic heterocycles. The molecule has 0 bridgehead atoms. The Morgan fingerprint density at radius 3 is 1.57 bits per heavy atom. The van der Waals surface area contributed by atoms with E-state index in [1.54, 1.807) is 34.5 Å². The Morgan fingerprint density at radius 1 is 0.659 bits per heavy atom. The van der Waals surface area contributed by atoms with Crippen molar-refractivity contribution >= 4 is 101 Å². The summed E-state index contributed by atoms with van der Waals surface area (Å²) in [7, 11) is 0. The molecule has 0 saturated heterocycles. The van der Waals surface area contributed by atoms with Gasteiger partial charge in [-0.15, -0.1) is 35.1 Å². The molecule has 3 atom stereocenters. The van der Waals surface area contributed by atoms with E-state index >= 15 is 0 Å². The second-order valence-electron chi connectivity index (χ2n) is 10.0. The smallest absolute Gasteiger partial charge is 0.239 e. The number of rotatable bonds is 18. The molecule has 1 N–H and O–H groups in total. The SMILES string of the molecule is O=C(NC(Cc1ccccc1)(SCc1ccccc1)SP=S)C(Cl)CC(Cc1ccccc1)(SCc1ccccc1)SP=S. The first-order chi connectivity index (χ1) is 21.4. The van der Waals surface area contributed by atoms with Crippen molar-refractivity contribution < 1.29 is 4.79 Å². The number of amides is 1. The van der Waals surface area contributed by atoms with Crippen LogP contribution in [-0.2, 0) is 52.8 Å². The van der Waals surface area contributed by atoms with E-state index in [4.69, 9.17) is 35.2 Å². The fourth-order valence-corrected chi connectivity index (χ4v) is 15.6. The molecule has 0 spiro atoms. The average molecular weight is 748 g/mol. The lowest BCUT2D eigenvalue weighted by Crippen LogP contribution is -2.48. The largest absolute Gasteiger partial charge is 0.331 e. The van der Waals surface area contributed by atoms with Crippen LogP contribution in [0, 0.1) is 0 Å². The molecule has 1 amide bonds. The van der Waals surface area contributed by atoms with Gasteiger partial charge in [0.2, 0.25) is 5.91 Å². The van der Waals surface area contributed by atoms with Gasteiger partial charge in [-0.2, -0.15) is 0 Å². The number of hydrogen-bond donors (Lipinski definition) is 1. The maximum atomic E-state index is 14.1. The van der Waals surface area contributed by atoms with Gasteiger partial charge in [-0.25, -0.2) is 0 Å². The Bertz CT molecular complexity index is 1460. The van der Waals surface area contributed by atoms with Gasteiger partial charge in [0, 0.05) is 31.0 Å². The van der Waals surface area contributed by atoms with Crippen LogP contribution >= 0.6 is 71.0 Å². The molecule has 0 saturated carbocycles. The topological polar surface area (TPSA) is 29.1 Å². The van der Waals surface area contributed by atoms with E-state index in [0.29, 0.717) is 19.4 Å².